The van der Waals surface area contributed by atoms with E-state index in [0.717, 1.165) is 20.3 Å². The van der Waals surface area contributed by atoms with Crippen LogP contribution < -0.4 is 5.32 Å². The highest BCUT2D eigenvalue weighted by atomic mass is 19.2. The van der Waals surface area contributed by atoms with Gasteiger partial charge in [0.05, 0.1) is 32.7 Å². The van der Waals surface area contributed by atoms with Crippen molar-refractivity contribution < 1.29 is 32.6 Å². The Morgan fingerprint density at radius 3 is 2.77 bits per heavy atom. The molecule has 9 nitrogen and oxygen atoms in total. The number of ether oxygens (including phenoxy) is 2. The van der Waals surface area contributed by atoms with Crippen molar-refractivity contribution in [2.75, 3.05) is 20.8 Å². The van der Waals surface area contributed by atoms with Gasteiger partial charge in [0, 0.05) is 24.2 Å². The lowest BCUT2D eigenvalue weighted by Crippen LogP contribution is -2.52. The van der Waals surface area contributed by atoms with E-state index in [1.807, 2.05) is 0 Å². The number of benzene rings is 1. The normalized spacial score (nSPS) is 16.4. The summed E-state index contributed by atoms with van der Waals surface area (Å²) in [4.78, 5) is 44.9. The Morgan fingerprint density at radius 1 is 1.30 bits per heavy atom. The number of hydrogen-bond acceptors (Lipinski definition) is 6. The molecule has 2 atom stereocenters. The summed E-state index contributed by atoms with van der Waals surface area (Å²) in [6.07, 6.45) is 1.34. The van der Waals surface area contributed by atoms with E-state index in [1.54, 1.807) is 0 Å². The summed E-state index contributed by atoms with van der Waals surface area (Å²) in [7, 11) is 2.26. The summed E-state index contributed by atoms with van der Waals surface area (Å²) in [6.45, 7) is 0.133. The smallest absolute Gasteiger partial charge is 0.329 e. The highest BCUT2D eigenvalue weighted by Crippen LogP contribution is 2.35. The van der Waals surface area contributed by atoms with Crippen molar-refractivity contribution in [3.05, 3.63) is 53.1 Å². The summed E-state index contributed by atoms with van der Waals surface area (Å²) in [5.74, 6) is -3.74. The molecule has 0 aliphatic carbocycles. The molecule has 0 saturated carbocycles. The van der Waals surface area contributed by atoms with Crippen LogP contribution in [0.4, 0.5) is 13.6 Å². The average Bonchev–Trinajstić information content (AvgIpc) is 3.22. The van der Waals surface area contributed by atoms with Crippen LogP contribution in [0, 0.1) is 11.6 Å². The number of urea groups is 1. The number of H-pyrrole nitrogens is 1. The van der Waals surface area contributed by atoms with Gasteiger partial charge in [-0.05, 0) is 6.07 Å². The van der Waals surface area contributed by atoms with E-state index < -0.39 is 48.1 Å². The molecule has 30 heavy (non-hydrogen) atoms. The summed E-state index contributed by atoms with van der Waals surface area (Å²) >= 11 is 0. The molecule has 0 radical (unpaired) electrons. The summed E-state index contributed by atoms with van der Waals surface area (Å²) in [5.41, 5.74) is 0.969. The second kappa shape index (κ2) is 8.89. The number of carbonyl (C=O) groups excluding carboxylic acids is 3. The first-order valence-corrected chi connectivity index (χ1v) is 9.05. The third kappa shape index (κ3) is 4.09. The fraction of sp³-hybridized carbons (Fsp3) is 0.368. The third-order valence-corrected chi connectivity index (χ3v) is 4.84. The highest BCUT2D eigenvalue weighted by molar-refractivity contribution is 5.87. The topological polar surface area (TPSA) is 114 Å². The number of nitrogens with zero attached hydrogens (tertiary/aromatic N) is 2. The zero-order valence-corrected chi connectivity index (χ0v) is 16.3. The van der Waals surface area contributed by atoms with Crippen molar-refractivity contribution in [1.29, 1.82) is 0 Å². The molecule has 11 heteroatoms. The van der Waals surface area contributed by atoms with Crippen molar-refractivity contribution in [1.82, 2.24) is 20.2 Å². The number of imidazole rings is 1. The lowest BCUT2D eigenvalue weighted by Gasteiger charge is -2.36. The Hall–Kier alpha value is -3.50. The maximum atomic E-state index is 14.6. The maximum Gasteiger partial charge on any atom is 0.329 e. The SMILES string of the molecule is COC(=O)C[C@H](NC(=O)N1CCc2[nH]cnc2[C@H]1c1cccc(F)c1F)C(=O)OC. The quantitative estimate of drug-likeness (QED) is 0.705. The van der Waals surface area contributed by atoms with Crippen LogP contribution >= 0.6 is 0 Å². The molecule has 1 aliphatic heterocycles. The van der Waals surface area contributed by atoms with E-state index in [4.69, 9.17) is 0 Å². The minimum absolute atomic E-state index is 0.0826. The van der Waals surface area contributed by atoms with Gasteiger partial charge in [0.15, 0.2) is 11.6 Å². The third-order valence-electron chi connectivity index (χ3n) is 4.84. The van der Waals surface area contributed by atoms with Gasteiger partial charge in [-0.25, -0.2) is 23.4 Å². The monoisotopic (exact) mass is 422 g/mol. The molecule has 0 saturated heterocycles. The molecule has 0 bridgehead atoms. The molecule has 2 N–H and O–H groups in total. The molecule has 1 aliphatic rings. The number of nitrogens with one attached hydrogen (secondary N) is 2. The minimum atomic E-state index is -1.31. The largest absolute Gasteiger partial charge is 0.469 e. The van der Waals surface area contributed by atoms with Crippen LogP contribution in [0.1, 0.15) is 29.4 Å². The summed E-state index contributed by atoms with van der Waals surface area (Å²) in [5, 5.41) is 2.42. The van der Waals surface area contributed by atoms with Crippen molar-refractivity contribution in [2.45, 2.75) is 24.9 Å². The van der Waals surface area contributed by atoms with Gasteiger partial charge in [0.2, 0.25) is 0 Å². The van der Waals surface area contributed by atoms with Gasteiger partial charge in [0.25, 0.3) is 0 Å². The van der Waals surface area contributed by atoms with Crippen molar-refractivity contribution in [2.24, 2.45) is 0 Å². The molecule has 160 valence electrons. The van der Waals surface area contributed by atoms with E-state index in [1.165, 1.54) is 23.4 Å². The number of carbonyl (C=O) groups is 3. The summed E-state index contributed by atoms with van der Waals surface area (Å²) in [6, 6.07) is 0.553. The van der Waals surface area contributed by atoms with Crippen LogP contribution in [-0.4, -0.2) is 59.6 Å². The van der Waals surface area contributed by atoms with Crippen LogP contribution in [-0.2, 0) is 25.5 Å². The zero-order chi connectivity index (χ0) is 21.8. The molecule has 3 rings (SSSR count). The molecule has 2 heterocycles. The van der Waals surface area contributed by atoms with E-state index in [9.17, 15) is 23.2 Å². The standard InChI is InChI=1S/C19H20F2N4O5/c1-29-14(26)8-13(18(27)30-2)24-19(28)25-7-6-12-16(23-9-22-12)17(25)10-4-3-5-11(20)15(10)21/h3-5,9,13,17H,6-8H2,1-2H3,(H,22,23)(H,24,28)/t13-,17+/m0/s1. The number of hydrogen-bond donors (Lipinski definition) is 2. The average molecular weight is 422 g/mol. The van der Waals surface area contributed by atoms with Crippen LogP contribution in [0.25, 0.3) is 0 Å². The molecular weight excluding hydrogens is 402 g/mol. The van der Waals surface area contributed by atoms with E-state index in [2.05, 4.69) is 24.8 Å². The van der Waals surface area contributed by atoms with Crippen LogP contribution in [0.5, 0.6) is 0 Å². The lowest BCUT2D eigenvalue weighted by atomic mass is 9.95. The van der Waals surface area contributed by atoms with Gasteiger partial charge < -0.3 is 24.7 Å². The number of amides is 2. The first-order valence-electron chi connectivity index (χ1n) is 9.05. The molecule has 0 fully saturated rings. The number of halogens is 2. The number of aromatic amines is 1. The Balaban J connectivity index is 1.94. The van der Waals surface area contributed by atoms with Gasteiger partial charge in [0.1, 0.15) is 12.1 Å². The molecule has 0 spiro atoms. The van der Waals surface area contributed by atoms with Gasteiger partial charge in [-0.1, -0.05) is 12.1 Å². The lowest BCUT2D eigenvalue weighted by molar-refractivity contribution is -0.149. The number of esters is 2. The van der Waals surface area contributed by atoms with Gasteiger partial charge in [-0.3, -0.25) is 4.79 Å². The molecule has 1 aromatic heterocycles. The zero-order valence-electron chi connectivity index (χ0n) is 16.3. The molecule has 2 amide bonds. The number of methoxy groups -OCH3 is 2. The predicted octanol–water partition coefficient (Wildman–Crippen LogP) is 1.45. The van der Waals surface area contributed by atoms with Crippen molar-refractivity contribution in [3.63, 3.8) is 0 Å². The molecule has 1 aromatic carbocycles. The molecular formula is C19H20F2N4O5. The van der Waals surface area contributed by atoms with Crippen molar-refractivity contribution >= 4 is 18.0 Å². The van der Waals surface area contributed by atoms with Crippen LogP contribution in [0.2, 0.25) is 0 Å². The Kier molecular flexibility index (Phi) is 6.28. The number of rotatable bonds is 5. The van der Waals surface area contributed by atoms with E-state index in [-0.39, 0.29) is 12.1 Å². The maximum absolute atomic E-state index is 14.6. The Bertz CT molecular complexity index is 964. The van der Waals surface area contributed by atoms with Crippen molar-refractivity contribution in [3.8, 4) is 0 Å². The number of fused-ring (bicyclic) bond motifs is 1. The molecule has 2 aromatic rings. The fourth-order valence-corrected chi connectivity index (χ4v) is 3.36. The first-order chi connectivity index (χ1) is 14.4. The van der Waals surface area contributed by atoms with Gasteiger partial charge >= 0.3 is 18.0 Å². The summed E-state index contributed by atoms with van der Waals surface area (Å²) < 4.78 is 37.6. The Labute approximate surface area is 170 Å². The highest BCUT2D eigenvalue weighted by Gasteiger charge is 2.38. The van der Waals surface area contributed by atoms with Gasteiger partial charge in [-0.15, -0.1) is 0 Å². The fourth-order valence-electron chi connectivity index (χ4n) is 3.36. The van der Waals surface area contributed by atoms with Gasteiger partial charge in [-0.2, -0.15) is 0 Å². The first kappa shape index (κ1) is 21.2. The second-order valence-corrected chi connectivity index (χ2v) is 6.56. The second-order valence-electron chi connectivity index (χ2n) is 6.56. The predicted molar refractivity (Wildman–Crippen MR) is 98.2 cm³/mol. The van der Waals surface area contributed by atoms with Crippen LogP contribution in [0.15, 0.2) is 24.5 Å². The minimum Gasteiger partial charge on any atom is -0.469 e. The number of aromatic nitrogens is 2. The Morgan fingerprint density at radius 2 is 2.07 bits per heavy atom. The molecule has 0 unspecified atom stereocenters. The van der Waals surface area contributed by atoms with Crippen LogP contribution in [0.3, 0.4) is 0 Å². The van der Waals surface area contributed by atoms with E-state index >= 15 is 0 Å². The van der Waals surface area contributed by atoms with E-state index in [0.29, 0.717) is 17.8 Å².